The molecule has 1 rings (SSSR count). The van der Waals surface area contributed by atoms with E-state index in [1.165, 1.54) is 0 Å². The van der Waals surface area contributed by atoms with Crippen molar-refractivity contribution in [1.82, 2.24) is 4.98 Å². The molecular weight excluding hydrogens is 284 g/mol. The number of alkyl halides is 2. The van der Waals surface area contributed by atoms with Crippen LogP contribution in [0.3, 0.4) is 0 Å². The van der Waals surface area contributed by atoms with E-state index >= 15 is 0 Å². The Balaban J connectivity index is 3.27. The minimum atomic E-state index is -2.84. The number of aromatic nitrogens is 1. The Morgan fingerprint density at radius 2 is 2.08 bits per heavy atom. The average molecular weight is 288 g/mol. The molecule has 0 atom stereocenters. The van der Waals surface area contributed by atoms with Crippen LogP contribution in [0.25, 0.3) is 0 Å². The first kappa shape index (κ1) is 9.56. The fourth-order valence-electron chi connectivity index (χ4n) is 0.667. The van der Waals surface area contributed by atoms with Crippen LogP contribution < -0.4 is 5.73 Å². The molecule has 0 bridgehead atoms. The molecule has 12 heavy (non-hydrogen) atoms. The predicted molar refractivity (Wildman–Crippen MR) is 46.3 cm³/mol. The van der Waals surface area contributed by atoms with Crippen molar-refractivity contribution in [1.29, 1.82) is 0 Å². The fraction of sp³-hybridized carbons (Fsp3) is 0.167. The summed E-state index contributed by atoms with van der Waals surface area (Å²) in [5.74, 6) is -0.832. The van der Waals surface area contributed by atoms with Crippen LogP contribution in [-0.4, -0.2) is 4.98 Å². The number of pyridine rings is 1. The molecule has 0 radical (unpaired) electrons. The molecule has 0 unspecified atom stereocenters. The molecule has 0 spiro atoms. The first-order valence-electron chi connectivity index (χ1n) is 2.91. The summed E-state index contributed by atoms with van der Waals surface area (Å²) in [6.45, 7) is 0. The molecule has 0 aliphatic heterocycles. The quantitative estimate of drug-likeness (QED) is 0.806. The number of nitrogen functional groups attached to an aromatic ring is 1. The third-order valence-electron chi connectivity index (χ3n) is 1.25. The molecule has 0 aliphatic rings. The summed E-state index contributed by atoms with van der Waals surface area (Å²) in [6, 6.07) is 0. The minimum Gasteiger partial charge on any atom is -0.395 e. The Hall–Kier alpha value is -0.530. The maximum Gasteiger partial charge on any atom is 0.282 e. The zero-order valence-corrected chi connectivity index (χ0v) is 7.85. The van der Waals surface area contributed by atoms with Crippen LogP contribution >= 0.6 is 22.6 Å². The van der Waals surface area contributed by atoms with Gasteiger partial charge in [0, 0.05) is 6.20 Å². The van der Waals surface area contributed by atoms with E-state index in [1.54, 1.807) is 22.6 Å². The van der Waals surface area contributed by atoms with Crippen LogP contribution in [0.5, 0.6) is 0 Å². The zero-order valence-electron chi connectivity index (χ0n) is 5.69. The van der Waals surface area contributed by atoms with Gasteiger partial charge in [0.1, 0.15) is 5.69 Å². The van der Waals surface area contributed by atoms with Gasteiger partial charge in [-0.25, -0.2) is 13.2 Å². The lowest BCUT2D eigenvalue weighted by Gasteiger charge is -2.04. The van der Waals surface area contributed by atoms with Crippen molar-refractivity contribution in [3.05, 3.63) is 21.3 Å². The average Bonchev–Trinajstić information content (AvgIpc) is 2.00. The van der Waals surface area contributed by atoms with Crippen LogP contribution in [-0.2, 0) is 0 Å². The number of nitrogens with two attached hydrogens (primary N) is 1. The smallest absolute Gasteiger partial charge is 0.282 e. The molecule has 2 nitrogen and oxygen atoms in total. The zero-order chi connectivity index (χ0) is 9.30. The highest BCUT2D eigenvalue weighted by atomic mass is 127. The molecule has 1 heterocycles. The highest BCUT2D eigenvalue weighted by Crippen LogP contribution is 2.26. The van der Waals surface area contributed by atoms with Crippen LogP contribution in [0.1, 0.15) is 12.1 Å². The molecule has 66 valence electrons. The highest BCUT2D eigenvalue weighted by molar-refractivity contribution is 14.1. The lowest BCUT2D eigenvalue weighted by Crippen LogP contribution is -2.03. The summed E-state index contributed by atoms with van der Waals surface area (Å²) in [5.41, 5.74) is 3.79. The molecule has 1 aromatic rings. The van der Waals surface area contributed by atoms with Gasteiger partial charge in [-0.2, -0.15) is 0 Å². The van der Waals surface area contributed by atoms with E-state index < -0.39 is 23.6 Å². The highest BCUT2D eigenvalue weighted by Gasteiger charge is 2.17. The Morgan fingerprint density at radius 1 is 1.50 bits per heavy atom. The van der Waals surface area contributed by atoms with E-state index in [9.17, 15) is 13.2 Å². The maximum absolute atomic E-state index is 12.8. The summed E-state index contributed by atoms with van der Waals surface area (Å²) in [7, 11) is 0. The lowest BCUT2D eigenvalue weighted by molar-refractivity contribution is 0.146. The summed E-state index contributed by atoms with van der Waals surface area (Å²) in [6.07, 6.45) is -1.82. The third-order valence-corrected chi connectivity index (χ3v) is 2.00. The van der Waals surface area contributed by atoms with Gasteiger partial charge in [-0.3, -0.25) is 4.98 Å². The first-order valence-corrected chi connectivity index (χ1v) is 3.99. The van der Waals surface area contributed by atoms with Crippen LogP contribution in [0, 0.1) is 9.39 Å². The van der Waals surface area contributed by atoms with Crippen molar-refractivity contribution >= 4 is 28.3 Å². The topological polar surface area (TPSA) is 38.9 Å². The van der Waals surface area contributed by atoms with Gasteiger partial charge in [0.15, 0.2) is 5.82 Å². The number of nitrogens with zero attached hydrogens (tertiary/aromatic N) is 1. The molecule has 0 amide bonds. The number of anilines is 1. The van der Waals surface area contributed by atoms with E-state index in [1.807, 2.05) is 0 Å². The standard InChI is InChI=1S/C6H4F3IN2/c7-3-2(10)1-12-5(4(3)11)6(8)9/h1,6H,11H2. The number of halogens is 4. The van der Waals surface area contributed by atoms with Crippen molar-refractivity contribution in [2.75, 3.05) is 5.73 Å². The van der Waals surface area contributed by atoms with E-state index in [2.05, 4.69) is 4.98 Å². The predicted octanol–water partition coefficient (Wildman–Crippen LogP) is 2.35. The summed E-state index contributed by atoms with van der Waals surface area (Å²) >= 11 is 1.63. The molecule has 0 fully saturated rings. The van der Waals surface area contributed by atoms with Crippen molar-refractivity contribution in [3.8, 4) is 0 Å². The van der Waals surface area contributed by atoms with E-state index in [0.717, 1.165) is 6.20 Å². The van der Waals surface area contributed by atoms with Crippen molar-refractivity contribution in [2.45, 2.75) is 6.43 Å². The van der Waals surface area contributed by atoms with Crippen molar-refractivity contribution in [3.63, 3.8) is 0 Å². The van der Waals surface area contributed by atoms with Crippen molar-refractivity contribution < 1.29 is 13.2 Å². The lowest BCUT2D eigenvalue weighted by atomic mass is 10.3. The SMILES string of the molecule is Nc1c(C(F)F)ncc(I)c1F. The maximum atomic E-state index is 12.8. The summed E-state index contributed by atoms with van der Waals surface area (Å²) < 4.78 is 37.0. The summed E-state index contributed by atoms with van der Waals surface area (Å²) in [4.78, 5) is 3.32. The van der Waals surface area contributed by atoms with Gasteiger partial charge in [-0.15, -0.1) is 0 Å². The Morgan fingerprint density at radius 3 is 2.58 bits per heavy atom. The second-order valence-corrected chi connectivity index (χ2v) is 3.18. The Bertz CT molecular complexity index is 303. The van der Waals surface area contributed by atoms with E-state index in [4.69, 9.17) is 5.73 Å². The number of hydrogen-bond acceptors (Lipinski definition) is 2. The second-order valence-electron chi connectivity index (χ2n) is 2.02. The second kappa shape index (κ2) is 3.46. The van der Waals surface area contributed by atoms with E-state index in [0.29, 0.717) is 0 Å². The number of hydrogen-bond donors (Lipinski definition) is 1. The molecule has 2 N–H and O–H groups in total. The van der Waals surface area contributed by atoms with Gasteiger partial charge in [-0.1, -0.05) is 0 Å². The summed E-state index contributed by atoms with van der Waals surface area (Å²) in [5, 5.41) is 0. The van der Waals surface area contributed by atoms with Crippen LogP contribution in [0.4, 0.5) is 18.9 Å². The Labute approximate surface area is 80.1 Å². The van der Waals surface area contributed by atoms with Crippen LogP contribution in [0.15, 0.2) is 6.20 Å². The fourth-order valence-corrected chi connectivity index (χ4v) is 1.10. The van der Waals surface area contributed by atoms with Gasteiger partial charge in [-0.05, 0) is 22.6 Å². The largest absolute Gasteiger partial charge is 0.395 e. The van der Waals surface area contributed by atoms with Gasteiger partial charge in [0.25, 0.3) is 6.43 Å². The number of rotatable bonds is 1. The van der Waals surface area contributed by atoms with Gasteiger partial charge >= 0.3 is 0 Å². The molecule has 0 aromatic carbocycles. The third kappa shape index (κ3) is 1.62. The van der Waals surface area contributed by atoms with E-state index in [-0.39, 0.29) is 3.57 Å². The van der Waals surface area contributed by atoms with Gasteiger partial charge in [0.05, 0.1) is 9.26 Å². The molecule has 0 saturated heterocycles. The monoisotopic (exact) mass is 288 g/mol. The Kier molecular flexibility index (Phi) is 2.76. The van der Waals surface area contributed by atoms with Crippen molar-refractivity contribution in [2.24, 2.45) is 0 Å². The molecular formula is C6H4F3IN2. The first-order chi connectivity index (χ1) is 5.54. The molecule has 6 heteroatoms. The normalized spacial score (nSPS) is 10.8. The van der Waals surface area contributed by atoms with Gasteiger partial charge in [0.2, 0.25) is 0 Å². The van der Waals surface area contributed by atoms with Gasteiger partial charge < -0.3 is 5.73 Å². The molecule has 0 saturated carbocycles. The molecule has 0 aliphatic carbocycles. The minimum absolute atomic E-state index is 0.134. The van der Waals surface area contributed by atoms with Crippen LogP contribution in [0.2, 0.25) is 0 Å². The molecule has 1 aromatic heterocycles.